The molecule has 0 radical (unpaired) electrons. The van der Waals surface area contributed by atoms with Crippen molar-refractivity contribution in [1.82, 2.24) is 0 Å². The summed E-state index contributed by atoms with van der Waals surface area (Å²) in [5, 5.41) is 0. The molecule has 3 nitrogen and oxygen atoms in total. The molecular formula is C21H18F2O3. The smallest absolute Gasteiger partial charge is 0.188 e. The van der Waals surface area contributed by atoms with Crippen LogP contribution in [0.5, 0.6) is 11.5 Å². The maximum absolute atomic E-state index is 14.3. The van der Waals surface area contributed by atoms with Gasteiger partial charge in [-0.1, -0.05) is 42.5 Å². The van der Waals surface area contributed by atoms with E-state index in [4.69, 9.17) is 14.2 Å². The van der Waals surface area contributed by atoms with Crippen LogP contribution in [0.1, 0.15) is 5.56 Å². The van der Waals surface area contributed by atoms with Crippen molar-refractivity contribution in [2.45, 2.75) is 6.61 Å². The van der Waals surface area contributed by atoms with Gasteiger partial charge in [0, 0.05) is 7.11 Å². The molecule has 0 heterocycles. The summed E-state index contributed by atoms with van der Waals surface area (Å²) in [6.07, 6.45) is 0. The molecule has 3 aromatic rings. The van der Waals surface area contributed by atoms with E-state index in [0.29, 0.717) is 11.1 Å². The Hall–Kier alpha value is -2.92. The van der Waals surface area contributed by atoms with Crippen LogP contribution in [-0.4, -0.2) is 13.9 Å². The Labute approximate surface area is 150 Å². The molecule has 0 aliphatic rings. The van der Waals surface area contributed by atoms with Crippen molar-refractivity contribution >= 4 is 0 Å². The van der Waals surface area contributed by atoms with E-state index < -0.39 is 11.6 Å². The van der Waals surface area contributed by atoms with Gasteiger partial charge in [-0.3, -0.25) is 0 Å². The van der Waals surface area contributed by atoms with Gasteiger partial charge in [0.2, 0.25) is 0 Å². The van der Waals surface area contributed by atoms with Gasteiger partial charge in [0.15, 0.2) is 29.9 Å². The van der Waals surface area contributed by atoms with Crippen molar-refractivity contribution < 1.29 is 23.0 Å². The number of hydrogen-bond donors (Lipinski definition) is 0. The SMILES string of the molecule is COCOc1ccc(-c2ccc(OCc3ccccc3)c(F)c2)cc1F. The fourth-order valence-corrected chi connectivity index (χ4v) is 2.45. The lowest BCUT2D eigenvalue weighted by Gasteiger charge is -2.10. The standard InChI is InChI=1S/C21H18F2O3/c1-24-14-26-21-10-8-17(12-19(21)23)16-7-9-20(18(22)11-16)25-13-15-5-3-2-4-6-15/h2-12H,13-14H2,1H3. The van der Waals surface area contributed by atoms with Gasteiger partial charge in [-0.25, -0.2) is 8.78 Å². The number of ether oxygens (including phenoxy) is 3. The zero-order chi connectivity index (χ0) is 18.4. The van der Waals surface area contributed by atoms with E-state index >= 15 is 0 Å². The summed E-state index contributed by atoms with van der Waals surface area (Å²) in [7, 11) is 1.45. The van der Waals surface area contributed by atoms with Crippen LogP contribution in [0.25, 0.3) is 11.1 Å². The molecule has 0 N–H and O–H groups in total. The van der Waals surface area contributed by atoms with Crippen LogP contribution in [0, 0.1) is 11.6 Å². The second-order valence-corrected chi connectivity index (χ2v) is 5.62. The Morgan fingerprint density at radius 1 is 0.731 bits per heavy atom. The molecule has 0 aliphatic heterocycles. The van der Waals surface area contributed by atoms with E-state index in [2.05, 4.69) is 0 Å². The topological polar surface area (TPSA) is 27.7 Å². The average Bonchev–Trinajstić information content (AvgIpc) is 2.67. The Balaban J connectivity index is 1.73. The van der Waals surface area contributed by atoms with E-state index in [-0.39, 0.29) is 24.9 Å². The fourth-order valence-electron chi connectivity index (χ4n) is 2.45. The molecule has 0 unspecified atom stereocenters. The minimum atomic E-state index is -0.538. The number of hydrogen-bond acceptors (Lipinski definition) is 3. The lowest BCUT2D eigenvalue weighted by molar-refractivity contribution is 0.0483. The van der Waals surface area contributed by atoms with Gasteiger partial charge in [0.1, 0.15) is 6.61 Å². The first-order valence-corrected chi connectivity index (χ1v) is 8.05. The molecule has 0 amide bonds. The molecule has 0 spiro atoms. The van der Waals surface area contributed by atoms with Crippen molar-refractivity contribution in [1.29, 1.82) is 0 Å². The van der Waals surface area contributed by atoms with Crippen molar-refractivity contribution in [3.63, 3.8) is 0 Å². The van der Waals surface area contributed by atoms with Gasteiger partial charge in [0.05, 0.1) is 0 Å². The third kappa shape index (κ3) is 4.37. The van der Waals surface area contributed by atoms with Gasteiger partial charge in [-0.05, 0) is 41.0 Å². The van der Waals surface area contributed by atoms with Crippen LogP contribution < -0.4 is 9.47 Å². The number of methoxy groups -OCH3 is 1. The second kappa shape index (κ2) is 8.45. The predicted molar refractivity (Wildman–Crippen MR) is 95.1 cm³/mol. The molecule has 0 saturated heterocycles. The first kappa shape index (κ1) is 17.9. The summed E-state index contributed by atoms with van der Waals surface area (Å²) in [4.78, 5) is 0. The highest BCUT2D eigenvalue weighted by Crippen LogP contribution is 2.29. The van der Waals surface area contributed by atoms with Gasteiger partial charge in [-0.15, -0.1) is 0 Å². The predicted octanol–water partition coefficient (Wildman–Crippen LogP) is 5.19. The first-order chi connectivity index (χ1) is 12.7. The van der Waals surface area contributed by atoms with Crippen molar-refractivity contribution in [3.05, 3.63) is 83.9 Å². The Morgan fingerprint density at radius 3 is 1.85 bits per heavy atom. The maximum atomic E-state index is 14.3. The Bertz CT molecular complexity index is 866. The Kier molecular flexibility index (Phi) is 5.81. The zero-order valence-corrected chi connectivity index (χ0v) is 14.2. The summed E-state index contributed by atoms with van der Waals surface area (Å²) in [5.74, 6) is -0.806. The molecule has 0 aromatic heterocycles. The molecule has 134 valence electrons. The van der Waals surface area contributed by atoms with Crippen LogP contribution in [0.4, 0.5) is 8.78 Å². The quantitative estimate of drug-likeness (QED) is 0.545. The maximum Gasteiger partial charge on any atom is 0.188 e. The summed E-state index contributed by atoms with van der Waals surface area (Å²) in [6.45, 7) is 0.232. The minimum absolute atomic E-state index is 0.0433. The highest BCUT2D eigenvalue weighted by molar-refractivity contribution is 5.65. The first-order valence-electron chi connectivity index (χ1n) is 8.05. The number of benzene rings is 3. The molecule has 0 aliphatic carbocycles. The largest absolute Gasteiger partial charge is 0.486 e. The third-order valence-electron chi connectivity index (χ3n) is 3.77. The van der Waals surface area contributed by atoms with E-state index in [1.807, 2.05) is 30.3 Å². The Morgan fingerprint density at radius 2 is 1.31 bits per heavy atom. The molecule has 26 heavy (non-hydrogen) atoms. The van der Waals surface area contributed by atoms with Crippen LogP contribution in [0.2, 0.25) is 0 Å². The van der Waals surface area contributed by atoms with Crippen LogP contribution in [0.3, 0.4) is 0 Å². The van der Waals surface area contributed by atoms with E-state index in [1.165, 1.54) is 25.3 Å². The summed E-state index contributed by atoms with van der Waals surface area (Å²) >= 11 is 0. The van der Waals surface area contributed by atoms with E-state index in [1.54, 1.807) is 18.2 Å². The lowest BCUT2D eigenvalue weighted by Crippen LogP contribution is -2.00. The summed E-state index contributed by atoms with van der Waals surface area (Å²) in [6, 6.07) is 18.5. The molecule has 0 saturated carbocycles. The van der Waals surface area contributed by atoms with Gasteiger partial charge in [0.25, 0.3) is 0 Å². The minimum Gasteiger partial charge on any atom is -0.486 e. The van der Waals surface area contributed by atoms with Crippen molar-refractivity contribution in [3.8, 4) is 22.6 Å². The molecular weight excluding hydrogens is 338 g/mol. The van der Waals surface area contributed by atoms with E-state index in [0.717, 1.165) is 5.56 Å². The second-order valence-electron chi connectivity index (χ2n) is 5.62. The van der Waals surface area contributed by atoms with Crippen LogP contribution in [-0.2, 0) is 11.3 Å². The highest BCUT2D eigenvalue weighted by Gasteiger charge is 2.10. The fraction of sp³-hybridized carbons (Fsp3) is 0.143. The molecule has 5 heteroatoms. The number of halogens is 2. The van der Waals surface area contributed by atoms with Crippen LogP contribution >= 0.6 is 0 Å². The molecule has 0 fully saturated rings. The zero-order valence-electron chi connectivity index (χ0n) is 14.2. The normalized spacial score (nSPS) is 10.6. The van der Waals surface area contributed by atoms with Crippen LogP contribution in [0.15, 0.2) is 66.7 Å². The van der Waals surface area contributed by atoms with Crippen molar-refractivity contribution in [2.24, 2.45) is 0 Å². The number of rotatable bonds is 7. The molecule has 0 bridgehead atoms. The average molecular weight is 356 g/mol. The van der Waals surface area contributed by atoms with Crippen molar-refractivity contribution in [2.75, 3.05) is 13.9 Å². The monoisotopic (exact) mass is 356 g/mol. The molecule has 3 rings (SSSR count). The highest BCUT2D eigenvalue weighted by atomic mass is 19.1. The van der Waals surface area contributed by atoms with E-state index in [9.17, 15) is 8.78 Å². The molecule has 0 atom stereocenters. The third-order valence-corrected chi connectivity index (χ3v) is 3.77. The lowest BCUT2D eigenvalue weighted by atomic mass is 10.0. The molecule has 3 aromatic carbocycles. The van der Waals surface area contributed by atoms with Gasteiger partial charge >= 0.3 is 0 Å². The van der Waals surface area contributed by atoms with Gasteiger partial charge < -0.3 is 14.2 Å². The van der Waals surface area contributed by atoms with Gasteiger partial charge in [-0.2, -0.15) is 0 Å². The summed E-state index contributed by atoms with van der Waals surface area (Å²) in [5.41, 5.74) is 2.04. The summed E-state index contributed by atoms with van der Waals surface area (Å²) < 4.78 is 43.7.